The number of halogens is 2. The van der Waals surface area contributed by atoms with Gasteiger partial charge in [0.15, 0.2) is 0 Å². The molecule has 0 aliphatic heterocycles. The lowest BCUT2D eigenvalue weighted by atomic mass is 10.0. The lowest BCUT2D eigenvalue weighted by Gasteiger charge is -2.15. The molecule has 13 heteroatoms. The molecule has 2 heterocycles. The molecule has 2 aromatic carbocycles. The first kappa shape index (κ1) is 36.4. The molecule has 48 heavy (non-hydrogen) atoms. The Morgan fingerprint density at radius 2 is 1.17 bits per heavy atom. The van der Waals surface area contributed by atoms with Gasteiger partial charge in [0.1, 0.15) is 19.0 Å². The maximum Gasteiger partial charge on any atom is 0.233 e. The molecule has 0 unspecified atom stereocenters. The van der Waals surface area contributed by atoms with Crippen molar-refractivity contribution >= 4 is 34.9 Å². The highest BCUT2D eigenvalue weighted by atomic mass is 35.5. The van der Waals surface area contributed by atoms with Crippen molar-refractivity contribution in [2.75, 3.05) is 34.4 Å². The molecular weight excluding hydrogens is 657 g/mol. The minimum Gasteiger partial charge on any atom is -0.481 e. The Labute approximate surface area is 290 Å². The van der Waals surface area contributed by atoms with E-state index in [1.54, 1.807) is 19.2 Å². The number of hydrogen-bond acceptors (Lipinski definition) is 10. The maximum absolute atomic E-state index is 11.6. The first-order chi connectivity index (χ1) is 23.3. The summed E-state index contributed by atoms with van der Waals surface area (Å²) in [4.78, 5) is 32.0. The second-order valence-corrected chi connectivity index (χ2v) is 11.3. The molecule has 4 rings (SSSR count). The highest BCUT2D eigenvalue weighted by Gasteiger charge is 2.16. The van der Waals surface area contributed by atoms with Crippen LogP contribution < -0.4 is 34.9 Å². The van der Waals surface area contributed by atoms with Crippen LogP contribution in [-0.4, -0.2) is 56.0 Å². The van der Waals surface area contributed by atoms with Crippen molar-refractivity contribution in [3.63, 3.8) is 0 Å². The third-order valence-electron chi connectivity index (χ3n) is 7.32. The molecule has 0 radical (unpaired) electrons. The molecule has 11 nitrogen and oxygen atoms in total. The summed E-state index contributed by atoms with van der Waals surface area (Å²) in [7, 11) is 4.65. The largest absolute Gasteiger partial charge is 0.481 e. The standard InChI is InChI=1S/C35H39Cl2N5O6/c1-5-26(43)18-39-16-22-12-14-30(41-34(22)45-3)47-20-24-8-6-10-27(32(24)36)28-11-7-9-25(33(28)37)21-48-31-15-13-23(35(42-31)46-4)17-40-19-29(44)38-2/h6-15,39-40H,5,16-21H2,1-4H3,(H,38,44). The van der Waals surface area contributed by atoms with Gasteiger partial charge in [-0.25, -0.2) is 0 Å². The van der Waals surface area contributed by atoms with Crippen molar-refractivity contribution in [3.05, 3.63) is 93.0 Å². The fraction of sp³-hybridized carbons (Fsp3) is 0.314. The van der Waals surface area contributed by atoms with Crippen molar-refractivity contribution < 1.29 is 28.5 Å². The highest BCUT2D eigenvalue weighted by Crippen LogP contribution is 2.37. The average molecular weight is 697 g/mol. The molecule has 3 N–H and O–H groups in total. The summed E-state index contributed by atoms with van der Waals surface area (Å²) < 4.78 is 22.8. The summed E-state index contributed by atoms with van der Waals surface area (Å²) in [5, 5.41) is 9.71. The summed E-state index contributed by atoms with van der Waals surface area (Å²) in [6, 6.07) is 18.5. The zero-order valence-corrected chi connectivity index (χ0v) is 28.8. The van der Waals surface area contributed by atoms with Gasteiger partial charge in [-0.3, -0.25) is 9.59 Å². The van der Waals surface area contributed by atoms with E-state index < -0.39 is 0 Å². The molecular formula is C35H39Cl2N5O6. The third-order valence-corrected chi connectivity index (χ3v) is 8.22. The summed E-state index contributed by atoms with van der Waals surface area (Å²) in [5.74, 6) is 1.56. The van der Waals surface area contributed by atoms with E-state index >= 15 is 0 Å². The number of rotatable bonds is 18. The topological polar surface area (TPSA) is 133 Å². The molecule has 0 fully saturated rings. The SMILES string of the molecule is CCC(=O)CNCc1ccc(OCc2cccc(-c3cccc(COc4ccc(CNCC(=O)NC)c(OC)n4)c3Cl)c2Cl)nc1OC. The van der Waals surface area contributed by atoms with E-state index in [-0.39, 0.29) is 38.0 Å². The first-order valence-electron chi connectivity index (χ1n) is 15.3. The third kappa shape index (κ3) is 9.80. The minimum absolute atomic E-state index is 0.116. The van der Waals surface area contributed by atoms with Crippen molar-refractivity contribution in [3.8, 4) is 34.6 Å². The van der Waals surface area contributed by atoms with Gasteiger partial charge in [-0.2, -0.15) is 9.97 Å². The second-order valence-electron chi connectivity index (χ2n) is 10.5. The van der Waals surface area contributed by atoms with E-state index in [1.807, 2.05) is 55.5 Å². The van der Waals surface area contributed by atoms with Crippen LogP contribution in [0.5, 0.6) is 23.5 Å². The molecule has 0 saturated carbocycles. The number of nitrogens with one attached hydrogen (secondary N) is 3. The molecule has 254 valence electrons. The molecule has 0 aliphatic carbocycles. The van der Waals surface area contributed by atoms with E-state index in [2.05, 4.69) is 25.9 Å². The zero-order chi connectivity index (χ0) is 34.5. The first-order valence-corrected chi connectivity index (χ1v) is 16.1. The van der Waals surface area contributed by atoms with Crippen LogP contribution in [0, 0.1) is 0 Å². The van der Waals surface area contributed by atoms with Gasteiger partial charge in [0.25, 0.3) is 0 Å². The van der Waals surface area contributed by atoms with Crippen LogP contribution in [0.25, 0.3) is 11.1 Å². The van der Waals surface area contributed by atoms with Gasteiger partial charge >= 0.3 is 0 Å². The van der Waals surface area contributed by atoms with Crippen LogP contribution in [0.1, 0.15) is 35.6 Å². The summed E-state index contributed by atoms with van der Waals surface area (Å²) in [6.07, 6.45) is 0.483. The van der Waals surface area contributed by atoms with Gasteiger partial charge in [-0.05, 0) is 12.1 Å². The van der Waals surface area contributed by atoms with Gasteiger partial charge in [0.05, 0.1) is 37.4 Å². The summed E-state index contributed by atoms with van der Waals surface area (Å²) in [5.41, 5.74) is 4.57. The van der Waals surface area contributed by atoms with Crippen molar-refractivity contribution in [1.82, 2.24) is 25.9 Å². The number of aromatic nitrogens is 2. The predicted molar refractivity (Wildman–Crippen MR) is 185 cm³/mol. The monoisotopic (exact) mass is 695 g/mol. The van der Waals surface area contributed by atoms with Crippen molar-refractivity contribution in [2.24, 2.45) is 0 Å². The normalized spacial score (nSPS) is 10.8. The van der Waals surface area contributed by atoms with E-state index in [9.17, 15) is 9.59 Å². The number of pyridine rings is 2. The minimum atomic E-state index is -0.116. The zero-order valence-electron chi connectivity index (χ0n) is 27.3. The Bertz CT molecular complexity index is 1600. The van der Waals surface area contributed by atoms with Crippen molar-refractivity contribution in [1.29, 1.82) is 0 Å². The Kier molecular flexibility index (Phi) is 13.8. The molecule has 4 aromatic rings. The average Bonchev–Trinajstić information content (AvgIpc) is 3.11. The van der Waals surface area contributed by atoms with Crippen LogP contribution in [0.3, 0.4) is 0 Å². The maximum atomic E-state index is 11.6. The number of benzene rings is 2. The van der Waals surface area contributed by atoms with Crippen molar-refractivity contribution in [2.45, 2.75) is 39.6 Å². The summed E-state index contributed by atoms with van der Waals surface area (Å²) in [6.45, 7) is 3.46. The number of amides is 1. The molecule has 0 spiro atoms. The fourth-order valence-electron chi connectivity index (χ4n) is 4.65. The lowest BCUT2D eigenvalue weighted by Crippen LogP contribution is -2.31. The predicted octanol–water partition coefficient (Wildman–Crippen LogP) is 5.53. The molecule has 0 atom stereocenters. The van der Waals surface area contributed by atoms with Crippen LogP contribution in [0.2, 0.25) is 10.0 Å². The van der Waals surface area contributed by atoms with Crippen LogP contribution in [0.15, 0.2) is 60.7 Å². The number of likely N-dealkylation sites (N-methyl/N-ethyl adjacent to an activating group) is 1. The Balaban J connectivity index is 1.42. The molecule has 0 aliphatic rings. The smallest absolute Gasteiger partial charge is 0.233 e. The molecule has 2 aromatic heterocycles. The number of ketones is 1. The van der Waals surface area contributed by atoms with Gasteiger partial charge in [0, 0.05) is 72.1 Å². The van der Waals surface area contributed by atoms with Gasteiger partial charge in [-0.15, -0.1) is 0 Å². The second kappa shape index (κ2) is 18.2. The Hall–Kier alpha value is -4.42. The number of carbonyl (C=O) groups excluding carboxylic acids is 2. The van der Waals surface area contributed by atoms with Gasteiger partial charge < -0.3 is 34.9 Å². The van der Waals surface area contributed by atoms with E-state index in [4.69, 9.17) is 42.1 Å². The highest BCUT2D eigenvalue weighted by molar-refractivity contribution is 6.37. The summed E-state index contributed by atoms with van der Waals surface area (Å²) >= 11 is 13.8. The number of ether oxygens (including phenoxy) is 4. The fourth-order valence-corrected chi connectivity index (χ4v) is 5.22. The number of Topliss-reactive ketones (excluding diaryl/α,β-unsaturated/α-hetero) is 1. The lowest BCUT2D eigenvalue weighted by molar-refractivity contribution is -0.120. The Morgan fingerprint density at radius 3 is 1.60 bits per heavy atom. The van der Waals surface area contributed by atoms with Crippen LogP contribution >= 0.6 is 23.2 Å². The molecule has 0 saturated heterocycles. The number of nitrogens with zero attached hydrogens (tertiary/aromatic N) is 2. The van der Waals surface area contributed by atoms with E-state index in [1.165, 1.54) is 14.2 Å². The van der Waals surface area contributed by atoms with Crippen LogP contribution in [-0.2, 0) is 35.9 Å². The Morgan fingerprint density at radius 1 is 0.688 bits per heavy atom. The molecule has 1 amide bonds. The number of carbonyl (C=O) groups is 2. The van der Waals surface area contributed by atoms with E-state index in [0.717, 1.165) is 33.4 Å². The quantitative estimate of drug-likeness (QED) is 0.122. The van der Waals surface area contributed by atoms with Crippen LogP contribution in [0.4, 0.5) is 0 Å². The van der Waals surface area contributed by atoms with Gasteiger partial charge in [0.2, 0.25) is 29.4 Å². The number of methoxy groups -OCH3 is 2. The number of hydrogen-bond donors (Lipinski definition) is 3. The van der Waals surface area contributed by atoms with E-state index in [0.29, 0.717) is 53.1 Å². The molecule has 0 bridgehead atoms. The van der Waals surface area contributed by atoms with Gasteiger partial charge in [-0.1, -0.05) is 66.5 Å².